The Morgan fingerprint density at radius 3 is 2.60 bits per heavy atom. The number of nitrogens with zero attached hydrogens (tertiary/aromatic N) is 2. The van der Waals surface area contributed by atoms with Gasteiger partial charge in [0.1, 0.15) is 5.82 Å². The van der Waals surface area contributed by atoms with E-state index in [9.17, 15) is 0 Å². The SMILES string of the molecule is C#Cc1nc(C(C)C)ns1. The van der Waals surface area contributed by atoms with E-state index in [4.69, 9.17) is 6.42 Å². The van der Waals surface area contributed by atoms with Crippen molar-refractivity contribution in [3.63, 3.8) is 0 Å². The average Bonchev–Trinajstić information content (AvgIpc) is 2.34. The van der Waals surface area contributed by atoms with E-state index in [1.54, 1.807) is 0 Å². The quantitative estimate of drug-likeness (QED) is 0.572. The van der Waals surface area contributed by atoms with Crippen LogP contribution in [0.4, 0.5) is 0 Å². The molecule has 0 unspecified atom stereocenters. The largest absolute Gasteiger partial charge is 0.211 e. The second kappa shape index (κ2) is 2.80. The molecule has 0 aliphatic heterocycles. The first-order chi connectivity index (χ1) is 4.74. The van der Waals surface area contributed by atoms with E-state index in [0.717, 1.165) is 5.82 Å². The molecule has 0 radical (unpaired) electrons. The lowest BCUT2D eigenvalue weighted by molar-refractivity contribution is 0.798. The molecule has 10 heavy (non-hydrogen) atoms. The number of hydrogen-bond donors (Lipinski definition) is 0. The highest BCUT2D eigenvalue weighted by Crippen LogP contribution is 2.11. The van der Waals surface area contributed by atoms with E-state index in [1.807, 2.05) is 13.8 Å². The number of rotatable bonds is 1. The van der Waals surface area contributed by atoms with Gasteiger partial charge in [-0.1, -0.05) is 13.8 Å². The molecule has 0 spiro atoms. The fourth-order valence-electron chi connectivity index (χ4n) is 0.528. The highest BCUT2D eigenvalue weighted by molar-refractivity contribution is 7.06. The Hall–Kier alpha value is -0.880. The fourth-order valence-corrected chi connectivity index (χ4v) is 1.15. The molecular weight excluding hydrogens is 144 g/mol. The smallest absolute Gasteiger partial charge is 0.186 e. The maximum Gasteiger partial charge on any atom is 0.186 e. The third-order valence-electron chi connectivity index (χ3n) is 1.08. The molecule has 0 aliphatic carbocycles. The van der Waals surface area contributed by atoms with Gasteiger partial charge in [0.05, 0.1) is 0 Å². The molecule has 0 aromatic carbocycles. The molecule has 0 bridgehead atoms. The summed E-state index contributed by atoms with van der Waals surface area (Å²) in [6.07, 6.45) is 5.12. The summed E-state index contributed by atoms with van der Waals surface area (Å²) in [4.78, 5) is 4.10. The average molecular weight is 152 g/mol. The molecule has 2 nitrogen and oxygen atoms in total. The van der Waals surface area contributed by atoms with Gasteiger partial charge >= 0.3 is 0 Å². The number of terminal acetylenes is 1. The van der Waals surface area contributed by atoms with Gasteiger partial charge in [0.25, 0.3) is 0 Å². The highest BCUT2D eigenvalue weighted by Gasteiger charge is 2.04. The van der Waals surface area contributed by atoms with Crippen molar-refractivity contribution in [3.8, 4) is 12.3 Å². The molecule has 52 valence electrons. The lowest BCUT2D eigenvalue weighted by Crippen LogP contribution is -1.88. The zero-order valence-corrected chi connectivity index (χ0v) is 6.77. The molecule has 3 heteroatoms. The Morgan fingerprint density at radius 2 is 2.30 bits per heavy atom. The summed E-state index contributed by atoms with van der Waals surface area (Å²) >= 11 is 1.28. The van der Waals surface area contributed by atoms with Crippen molar-refractivity contribution in [3.05, 3.63) is 10.8 Å². The van der Waals surface area contributed by atoms with E-state index in [1.165, 1.54) is 11.5 Å². The van der Waals surface area contributed by atoms with Gasteiger partial charge in [0, 0.05) is 5.92 Å². The molecular formula is C7H8N2S. The second-order valence-electron chi connectivity index (χ2n) is 2.26. The van der Waals surface area contributed by atoms with Crippen LogP contribution in [0.25, 0.3) is 0 Å². The maximum absolute atomic E-state index is 5.12. The molecule has 0 fully saturated rings. The van der Waals surface area contributed by atoms with E-state index in [-0.39, 0.29) is 0 Å². The molecule has 0 aliphatic rings. The normalized spacial score (nSPS) is 9.80. The van der Waals surface area contributed by atoms with Crippen LogP contribution in [0.5, 0.6) is 0 Å². The summed E-state index contributed by atoms with van der Waals surface area (Å²) in [5, 5.41) is 0.670. The minimum absolute atomic E-state index is 0.373. The van der Waals surface area contributed by atoms with E-state index >= 15 is 0 Å². The number of aromatic nitrogens is 2. The van der Waals surface area contributed by atoms with Crippen LogP contribution in [-0.4, -0.2) is 9.36 Å². The minimum Gasteiger partial charge on any atom is -0.211 e. The summed E-state index contributed by atoms with van der Waals surface area (Å²) in [6, 6.07) is 0. The van der Waals surface area contributed by atoms with Crippen molar-refractivity contribution in [2.45, 2.75) is 19.8 Å². The summed E-state index contributed by atoms with van der Waals surface area (Å²) in [6.45, 7) is 4.09. The van der Waals surface area contributed by atoms with Crippen molar-refractivity contribution in [1.29, 1.82) is 0 Å². The zero-order valence-electron chi connectivity index (χ0n) is 5.96. The predicted molar refractivity (Wildman–Crippen MR) is 41.9 cm³/mol. The van der Waals surface area contributed by atoms with Gasteiger partial charge in [0.15, 0.2) is 5.01 Å². The van der Waals surface area contributed by atoms with Crippen LogP contribution in [-0.2, 0) is 0 Å². The Balaban J connectivity index is 2.91. The second-order valence-corrected chi connectivity index (χ2v) is 3.01. The van der Waals surface area contributed by atoms with Gasteiger partial charge in [-0.15, -0.1) is 6.42 Å². The van der Waals surface area contributed by atoms with Crippen molar-refractivity contribution in [1.82, 2.24) is 9.36 Å². The topological polar surface area (TPSA) is 25.8 Å². The van der Waals surface area contributed by atoms with Crippen molar-refractivity contribution in [2.75, 3.05) is 0 Å². The predicted octanol–water partition coefficient (Wildman–Crippen LogP) is 1.64. The molecule has 1 aromatic heterocycles. The zero-order chi connectivity index (χ0) is 7.56. The highest BCUT2D eigenvalue weighted by atomic mass is 32.1. The Bertz CT molecular complexity index is 257. The van der Waals surface area contributed by atoms with E-state index in [0.29, 0.717) is 10.9 Å². The van der Waals surface area contributed by atoms with Crippen molar-refractivity contribution < 1.29 is 0 Å². The summed E-state index contributed by atoms with van der Waals surface area (Å²) in [5.74, 6) is 3.67. The van der Waals surface area contributed by atoms with Crippen LogP contribution in [0.15, 0.2) is 0 Å². The Labute approximate surface area is 64.5 Å². The van der Waals surface area contributed by atoms with Gasteiger partial charge in [-0.05, 0) is 17.5 Å². The first-order valence-electron chi connectivity index (χ1n) is 3.04. The molecule has 0 saturated heterocycles. The lowest BCUT2D eigenvalue weighted by atomic mass is 10.2. The Morgan fingerprint density at radius 1 is 1.60 bits per heavy atom. The van der Waals surface area contributed by atoms with Crippen LogP contribution in [0.1, 0.15) is 30.6 Å². The van der Waals surface area contributed by atoms with E-state index in [2.05, 4.69) is 15.3 Å². The monoisotopic (exact) mass is 152 g/mol. The first kappa shape index (κ1) is 7.23. The molecule has 0 atom stereocenters. The van der Waals surface area contributed by atoms with Gasteiger partial charge in [-0.3, -0.25) is 0 Å². The summed E-state index contributed by atoms with van der Waals surface area (Å²) in [5.41, 5.74) is 0. The third kappa shape index (κ3) is 1.34. The lowest BCUT2D eigenvalue weighted by Gasteiger charge is -1.92. The standard InChI is InChI=1S/C7H8N2S/c1-4-6-8-7(5(2)3)9-10-6/h1,5H,2-3H3. The van der Waals surface area contributed by atoms with Gasteiger partial charge in [-0.25, -0.2) is 4.98 Å². The Kier molecular flexibility index (Phi) is 2.03. The van der Waals surface area contributed by atoms with Crippen LogP contribution in [0.2, 0.25) is 0 Å². The van der Waals surface area contributed by atoms with Crippen molar-refractivity contribution in [2.24, 2.45) is 0 Å². The molecule has 0 amide bonds. The van der Waals surface area contributed by atoms with Crippen LogP contribution in [0, 0.1) is 12.3 Å². The molecule has 1 aromatic rings. The first-order valence-corrected chi connectivity index (χ1v) is 3.81. The molecule has 0 saturated carbocycles. The molecule has 1 rings (SSSR count). The fraction of sp³-hybridized carbons (Fsp3) is 0.429. The molecule has 0 N–H and O–H groups in total. The van der Waals surface area contributed by atoms with Crippen molar-refractivity contribution >= 4 is 11.5 Å². The van der Waals surface area contributed by atoms with Gasteiger partial charge in [-0.2, -0.15) is 4.37 Å². The third-order valence-corrected chi connectivity index (χ3v) is 1.74. The molecule has 1 heterocycles. The maximum atomic E-state index is 5.12. The van der Waals surface area contributed by atoms with Crippen LogP contribution < -0.4 is 0 Å². The van der Waals surface area contributed by atoms with Gasteiger partial charge < -0.3 is 0 Å². The number of hydrogen-bond acceptors (Lipinski definition) is 3. The van der Waals surface area contributed by atoms with E-state index < -0.39 is 0 Å². The minimum atomic E-state index is 0.373. The summed E-state index contributed by atoms with van der Waals surface area (Å²) in [7, 11) is 0. The van der Waals surface area contributed by atoms with Gasteiger partial charge in [0.2, 0.25) is 0 Å². The van der Waals surface area contributed by atoms with Crippen LogP contribution >= 0.6 is 11.5 Å². The van der Waals surface area contributed by atoms with Crippen LogP contribution in [0.3, 0.4) is 0 Å². The summed E-state index contributed by atoms with van der Waals surface area (Å²) < 4.78 is 4.07.